The molecule has 1 fully saturated rings. The lowest BCUT2D eigenvalue weighted by atomic mass is 10.1. The van der Waals surface area contributed by atoms with Crippen LogP contribution in [0.2, 0.25) is 0 Å². The Morgan fingerprint density at radius 1 is 1.28 bits per heavy atom. The second-order valence-electron chi connectivity index (χ2n) is 6.85. The Labute approximate surface area is 158 Å². The van der Waals surface area contributed by atoms with Gasteiger partial charge in [0.15, 0.2) is 0 Å². The molecule has 0 unspecified atom stereocenters. The summed E-state index contributed by atoms with van der Waals surface area (Å²) in [7, 11) is 1.55. The number of likely N-dealkylation sites (N-methyl/N-ethyl adjacent to an activating group) is 1. The molecule has 0 aromatic carbocycles. The van der Waals surface area contributed by atoms with Crippen molar-refractivity contribution in [3.05, 3.63) is 22.6 Å². The smallest absolute Gasteiger partial charge is 0.407 e. The number of nitrogens with zero attached hydrogens (tertiary/aromatic N) is 2. The monoisotopic (exact) mass is 392 g/mol. The highest BCUT2D eigenvalue weighted by Crippen LogP contribution is 2.20. The van der Waals surface area contributed by atoms with Crippen molar-refractivity contribution in [2.45, 2.75) is 45.3 Å². The number of piperidine rings is 1. The fraction of sp³-hybridized carbons (Fsp3) is 0.625. The van der Waals surface area contributed by atoms with Crippen molar-refractivity contribution in [2.24, 2.45) is 5.73 Å². The lowest BCUT2D eigenvalue weighted by molar-refractivity contribution is -0.124. The van der Waals surface area contributed by atoms with Crippen molar-refractivity contribution in [2.75, 3.05) is 20.1 Å². The summed E-state index contributed by atoms with van der Waals surface area (Å²) in [6.45, 7) is 10.7. The Morgan fingerprint density at radius 3 is 2.24 bits per heavy atom. The molecular formula is C16H26Cl2N4O3. The normalized spacial score (nSPS) is 16.8. The molecule has 1 aliphatic heterocycles. The van der Waals surface area contributed by atoms with E-state index >= 15 is 0 Å². The topological polar surface area (TPSA) is 87.9 Å². The number of carbonyl (C=O) groups is 2. The van der Waals surface area contributed by atoms with Crippen LogP contribution in [0.25, 0.3) is 0 Å². The van der Waals surface area contributed by atoms with Crippen LogP contribution in [0.4, 0.5) is 4.79 Å². The third-order valence-electron chi connectivity index (χ3n) is 3.67. The number of halogens is 2. The van der Waals surface area contributed by atoms with Crippen LogP contribution in [-0.4, -0.2) is 53.6 Å². The Balaban J connectivity index is 2.53. The van der Waals surface area contributed by atoms with Gasteiger partial charge in [0.05, 0.1) is 0 Å². The van der Waals surface area contributed by atoms with Gasteiger partial charge in [0.1, 0.15) is 21.6 Å². The van der Waals surface area contributed by atoms with Gasteiger partial charge in [0.2, 0.25) is 0 Å². The molecule has 0 spiro atoms. The van der Waals surface area contributed by atoms with Gasteiger partial charge in [-0.3, -0.25) is 9.69 Å². The van der Waals surface area contributed by atoms with E-state index in [9.17, 15) is 9.59 Å². The predicted octanol–water partition coefficient (Wildman–Crippen LogP) is 2.51. The first-order valence-electron chi connectivity index (χ1n) is 7.94. The maximum absolute atomic E-state index is 12.1. The molecule has 2 amide bonds. The number of hydrogen-bond acceptors (Lipinski definition) is 5. The van der Waals surface area contributed by atoms with Crippen LogP contribution >= 0.6 is 23.2 Å². The average molecular weight is 393 g/mol. The molecule has 1 heterocycles. The number of nitrogens with one attached hydrogen (secondary N) is 1. The Kier molecular flexibility index (Phi) is 7.44. The van der Waals surface area contributed by atoms with E-state index < -0.39 is 17.6 Å². The molecule has 3 N–H and O–H groups in total. The highest BCUT2D eigenvalue weighted by atomic mass is 35.5. The van der Waals surface area contributed by atoms with Gasteiger partial charge in [-0.2, -0.15) is 0 Å². The summed E-state index contributed by atoms with van der Waals surface area (Å²) in [5.41, 5.74) is 4.80. The van der Waals surface area contributed by atoms with Crippen LogP contribution in [0.5, 0.6) is 0 Å². The molecule has 0 atom stereocenters. The summed E-state index contributed by atoms with van der Waals surface area (Å²) in [6, 6.07) is 0.0156. The van der Waals surface area contributed by atoms with Crippen molar-refractivity contribution in [3.8, 4) is 0 Å². The molecule has 9 heteroatoms. The van der Waals surface area contributed by atoms with Crippen molar-refractivity contribution in [3.63, 3.8) is 0 Å². The standard InChI is InChI=1S/C16H26Cl2N4O3/c1-10(21(5)14(23)12(17)13(18)19)22-8-6-11(7-9-22)20-15(24)25-16(2,3)4/h11H,1,6-9,19H2,2-5H3,(H,20,24)/b13-12+. The Hall–Kier alpha value is -1.60. The number of amides is 2. The van der Waals surface area contributed by atoms with Crippen molar-refractivity contribution in [1.82, 2.24) is 15.1 Å². The highest BCUT2D eigenvalue weighted by Gasteiger charge is 2.27. The van der Waals surface area contributed by atoms with Crippen LogP contribution in [0, 0.1) is 0 Å². The first-order chi connectivity index (χ1) is 11.4. The third-order valence-corrected chi connectivity index (χ3v) is 4.32. The summed E-state index contributed by atoms with van der Waals surface area (Å²) in [5, 5.41) is 2.36. The minimum atomic E-state index is -0.529. The minimum absolute atomic E-state index is 0.0156. The van der Waals surface area contributed by atoms with Crippen LogP contribution < -0.4 is 11.1 Å². The van der Waals surface area contributed by atoms with Crippen molar-refractivity contribution >= 4 is 35.2 Å². The van der Waals surface area contributed by atoms with Gasteiger partial charge < -0.3 is 20.7 Å². The molecule has 25 heavy (non-hydrogen) atoms. The maximum atomic E-state index is 12.1. The molecular weight excluding hydrogens is 367 g/mol. The molecule has 0 radical (unpaired) electrons. The lowest BCUT2D eigenvalue weighted by Gasteiger charge is -2.37. The number of hydrogen-bond donors (Lipinski definition) is 2. The molecule has 0 saturated carbocycles. The van der Waals surface area contributed by atoms with Gasteiger partial charge >= 0.3 is 6.09 Å². The van der Waals surface area contributed by atoms with Gasteiger partial charge in [-0.1, -0.05) is 29.8 Å². The zero-order valence-corrected chi connectivity index (χ0v) is 16.6. The van der Waals surface area contributed by atoms with Gasteiger partial charge in [0, 0.05) is 26.2 Å². The van der Waals surface area contributed by atoms with Gasteiger partial charge in [-0.25, -0.2) is 4.79 Å². The average Bonchev–Trinajstić information content (AvgIpc) is 2.50. The molecule has 0 aromatic rings. The fourth-order valence-corrected chi connectivity index (χ4v) is 2.54. The van der Waals surface area contributed by atoms with E-state index in [2.05, 4.69) is 11.9 Å². The summed E-state index contributed by atoms with van der Waals surface area (Å²) in [6.07, 6.45) is 0.995. The second kappa shape index (κ2) is 8.67. The quantitative estimate of drug-likeness (QED) is 0.566. The summed E-state index contributed by atoms with van der Waals surface area (Å²) in [4.78, 5) is 27.2. The second-order valence-corrected chi connectivity index (χ2v) is 7.64. The molecule has 0 aliphatic carbocycles. The van der Waals surface area contributed by atoms with E-state index in [1.54, 1.807) is 7.05 Å². The predicted molar refractivity (Wildman–Crippen MR) is 98.8 cm³/mol. The van der Waals surface area contributed by atoms with Crippen molar-refractivity contribution in [1.29, 1.82) is 0 Å². The lowest BCUT2D eigenvalue weighted by Crippen LogP contribution is -2.47. The zero-order chi connectivity index (χ0) is 19.4. The van der Waals surface area contributed by atoms with Crippen molar-refractivity contribution < 1.29 is 14.3 Å². The zero-order valence-electron chi connectivity index (χ0n) is 15.1. The molecule has 7 nitrogen and oxygen atoms in total. The molecule has 1 saturated heterocycles. The van der Waals surface area contributed by atoms with Gasteiger partial charge in [-0.15, -0.1) is 0 Å². The number of nitrogens with two attached hydrogens (primary N) is 1. The van der Waals surface area contributed by atoms with Crippen LogP contribution in [0.3, 0.4) is 0 Å². The number of ether oxygens (including phenoxy) is 1. The van der Waals surface area contributed by atoms with E-state index in [1.165, 1.54) is 4.90 Å². The minimum Gasteiger partial charge on any atom is -0.444 e. The SMILES string of the molecule is C=C(N1CCC(NC(=O)OC(C)(C)C)CC1)N(C)C(=O)/C(Cl)=C(\N)Cl. The number of rotatable bonds is 4. The highest BCUT2D eigenvalue weighted by molar-refractivity contribution is 6.47. The first-order valence-corrected chi connectivity index (χ1v) is 8.70. The van der Waals surface area contributed by atoms with Gasteiger partial charge in [0.25, 0.3) is 5.91 Å². The van der Waals surface area contributed by atoms with Crippen LogP contribution in [0.1, 0.15) is 33.6 Å². The van der Waals surface area contributed by atoms with Gasteiger partial charge in [-0.05, 0) is 33.6 Å². The number of alkyl carbamates (subject to hydrolysis) is 1. The number of likely N-dealkylation sites (tertiary alicyclic amines) is 1. The molecule has 0 aromatic heterocycles. The molecule has 142 valence electrons. The van der Waals surface area contributed by atoms with Crippen LogP contribution in [0.15, 0.2) is 22.6 Å². The molecule has 1 rings (SSSR count). The summed E-state index contributed by atoms with van der Waals surface area (Å²) in [5.74, 6) is -0.0232. The summed E-state index contributed by atoms with van der Waals surface area (Å²) < 4.78 is 5.26. The van der Waals surface area contributed by atoms with E-state index in [0.29, 0.717) is 31.8 Å². The Bertz CT molecular complexity index is 560. The fourth-order valence-electron chi connectivity index (χ4n) is 2.33. The molecule has 0 bridgehead atoms. The third kappa shape index (κ3) is 6.66. The van der Waals surface area contributed by atoms with E-state index in [4.69, 9.17) is 33.7 Å². The van der Waals surface area contributed by atoms with E-state index in [0.717, 1.165) is 0 Å². The van der Waals surface area contributed by atoms with E-state index in [1.807, 2.05) is 25.7 Å². The first kappa shape index (κ1) is 21.4. The summed E-state index contributed by atoms with van der Waals surface area (Å²) >= 11 is 11.3. The van der Waals surface area contributed by atoms with Crippen LogP contribution in [-0.2, 0) is 9.53 Å². The van der Waals surface area contributed by atoms with E-state index in [-0.39, 0.29) is 16.2 Å². The maximum Gasteiger partial charge on any atom is 0.407 e. The Morgan fingerprint density at radius 2 is 1.80 bits per heavy atom. The largest absolute Gasteiger partial charge is 0.444 e. The molecule has 1 aliphatic rings. The number of carbonyl (C=O) groups excluding carboxylic acids is 2.